The Morgan fingerprint density at radius 3 is 1.03 bits per heavy atom. The quantitative estimate of drug-likeness (QED) is 0.183. The second-order valence-electron chi connectivity index (χ2n) is 13.2. The van der Waals surface area contributed by atoms with Crippen LogP contribution in [0.15, 0.2) is 48.5 Å². The fourth-order valence-electron chi connectivity index (χ4n) is 4.93. The molecule has 2 aromatic carbocycles. The van der Waals surface area contributed by atoms with Gasteiger partial charge in [0.1, 0.15) is 0 Å². The molecule has 1 nitrogen and oxygen atoms in total. The Morgan fingerprint density at radius 2 is 0.703 bits per heavy atom. The van der Waals surface area contributed by atoms with E-state index >= 15 is 0 Å². The molecule has 0 saturated carbocycles. The molecule has 0 atom stereocenters. The van der Waals surface area contributed by atoms with E-state index in [-0.39, 0.29) is 10.8 Å². The Labute approximate surface area is 230 Å². The second kappa shape index (κ2) is 17.1. The zero-order chi connectivity index (χ0) is 27.0. The molecule has 0 bridgehead atoms. The Kier molecular flexibility index (Phi) is 14.6. The van der Waals surface area contributed by atoms with E-state index in [2.05, 4.69) is 90.1 Å². The monoisotopic (exact) mass is 506 g/mol. The Bertz CT molecular complexity index is 745. The highest BCUT2D eigenvalue weighted by molar-refractivity contribution is 5.28. The number of benzene rings is 2. The lowest BCUT2D eigenvalue weighted by Gasteiger charge is -2.19. The fourth-order valence-corrected chi connectivity index (χ4v) is 4.93. The van der Waals surface area contributed by atoms with Crippen molar-refractivity contribution in [2.75, 3.05) is 13.2 Å². The predicted octanol–water partition coefficient (Wildman–Crippen LogP) is 10.8. The molecule has 0 heterocycles. The highest BCUT2D eigenvalue weighted by Gasteiger charge is 2.13. The molecule has 0 amide bonds. The third-order valence-corrected chi connectivity index (χ3v) is 7.65. The Balaban J connectivity index is 1.32. The molecule has 0 aromatic heterocycles. The second-order valence-corrected chi connectivity index (χ2v) is 13.2. The summed E-state index contributed by atoms with van der Waals surface area (Å²) in [6.07, 6.45) is 18.3. The van der Waals surface area contributed by atoms with Crippen LogP contribution >= 0.6 is 0 Å². The number of ether oxygens (including phenoxy) is 1. The van der Waals surface area contributed by atoms with Gasteiger partial charge in [-0.25, -0.2) is 0 Å². The summed E-state index contributed by atoms with van der Waals surface area (Å²) in [6.45, 7) is 15.6. The third kappa shape index (κ3) is 14.2. The molecule has 2 rings (SSSR count). The first-order chi connectivity index (χ1) is 17.7. The zero-order valence-corrected chi connectivity index (χ0v) is 25.3. The molecule has 0 N–H and O–H groups in total. The van der Waals surface area contributed by atoms with Crippen LogP contribution in [0.25, 0.3) is 0 Å². The summed E-state index contributed by atoms with van der Waals surface area (Å²) in [7, 11) is 0. The summed E-state index contributed by atoms with van der Waals surface area (Å²) < 4.78 is 5.87. The highest BCUT2D eigenvalue weighted by Crippen LogP contribution is 2.24. The summed E-state index contributed by atoms with van der Waals surface area (Å²) in [4.78, 5) is 0. The van der Waals surface area contributed by atoms with Crippen molar-refractivity contribution >= 4 is 0 Å². The molecule has 0 radical (unpaired) electrons. The van der Waals surface area contributed by atoms with E-state index in [0.717, 1.165) is 13.2 Å². The van der Waals surface area contributed by atoms with Crippen LogP contribution < -0.4 is 0 Å². The predicted molar refractivity (Wildman–Crippen MR) is 164 cm³/mol. The summed E-state index contributed by atoms with van der Waals surface area (Å²) in [5.41, 5.74) is 6.35. The van der Waals surface area contributed by atoms with Gasteiger partial charge in [0.25, 0.3) is 0 Å². The minimum Gasteiger partial charge on any atom is -0.381 e. The van der Waals surface area contributed by atoms with Crippen molar-refractivity contribution in [3.8, 4) is 0 Å². The van der Waals surface area contributed by atoms with E-state index < -0.39 is 0 Å². The maximum atomic E-state index is 5.87. The minimum atomic E-state index is 0.253. The lowest BCUT2D eigenvalue weighted by atomic mass is 9.86. The number of unbranched alkanes of at least 4 members (excludes halogenated alkanes) is 10. The summed E-state index contributed by atoms with van der Waals surface area (Å²) in [6, 6.07) is 18.5. The van der Waals surface area contributed by atoms with Crippen LogP contribution in [0.5, 0.6) is 0 Å². The molecule has 0 aliphatic heterocycles. The molecule has 37 heavy (non-hydrogen) atoms. The molecule has 208 valence electrons. The van der Waals surface area contributed by atoms with Crippen LogP contribution in [0.1, 0.15) is 141 Å². The molecule has 0 aliphatic carbocycles. The van der Waals surface area contributed by atoms with E-state index in [1.165, 1.54) is 112 Å². The van der Waals surface area contributed by atoms with Gasteiger partial charge in [-0.2, -0.15) is 0 Å². The maximum Gasteiger partial charge on any atom is 0.0466 e. The van der Waals surface area contributed by atoms with Gasteiger partial charge in [0, 0.05) is 13.2 Å². The van der Waals surface area contributed by atoms with E-state index in [1.54, 1.807) is 0 Å². The van der Waals surface area contributed by atoms with Crippen LogP contribution in [0.4, 0.5) is 0 Å². The SMILES string of the molecule is CC(C)(C)c1ccc(CCCCCCCCOCCCCCCCCc2ccc(C(C)(C)C)cc2)cc1. The van der Waals surface area contributed by atoms with Crippen LogP contribution in [0.3, 0.4) is 0 Å². The molecule has 0 saturated heterocycles. The number of rotatable bonds is 18. The highest BCUT2D eigenvalue weighted by atomic mass is 16.5. The molecular formula is C36H58O. The smallest absolute Gasteiger partial charge is 0.0466 e. The molecule has 2 aromatic rings. The first-order valence-corrected chi connectivity index (χ1v) is 15.4. The van der Waals surface area contributed by atoms with Gasteiger partial charge in [0.2, 0.25) is 0 Å². The number of aryl methyl sites for hydroxylation is 2. The Hall–Kier alpha value is -1.60. The van der Waals surface area contributed by atoms with Crippen LogP contribution in [-0.4, -0.2) is 13.2 Å². The van der Waals surface area contributed by atoms with Crippen molar-refractivity contribution in [3.63, 3.8) is 0 Å². The van der Waals surface area contributed by atoms with Crippen molar-refractivity contribution in [1.82, 2.24) is 0 Å². The first kappa shape index (κ1) is 31.6. The standard InChI is InChI=1S/C36H58O/c1-35(2,3)33-25-21-31(22-26-33)19-15-11-7-9-13-17-29-37-30-18-14-10-8-12-16-20-32-23-27-34(28-24-32)36(4,5)6/h21-28H,7-20,29-30H2,1-6H3. The van der Waals surface area contributed by atoms with Gasteiger partial charge in [0.05, 0.1) is 0 Å². The molecular weight excluding hydrogens is 448 g/mol. The van der Waals surface area contributed by atoms with Gasteiger partial charge in [-0.05, 0) is 71.6 Å². The van der Waals surface area contributed by atoms with Gasteiger partial charge >= 0.3 is 0 Å². The van der Waals surface area contributed by atoms with Crippen LogP contribution in [0, 0.1) is 0 Å². The first-order valence-electron chi connectivity index (χ1n) is 15.4. The molecule has 0 aliphatic rings. The van der Waals surface area contributed by atoms with E-state index in [4.69, 9.17) is 4.74 Å². The van der Waals surface area contributed by atoms with Crippen molar-refractivity contribution in [3.05, 3.63) is 70.8 Å². The maximum absolute atomic E-state index is 5.87. The number of hydrogen-bond donors (Lipinski definition) is 0. The lowest BCUT2D eigenvalue weighted by Crippen LogP contribution is -2.10. The van der Waals surface area contributed by atoms with Crippen LogP contribution in [0.2, 0.25) is 0 Å². The average molecular weight is 507 g/mol. The number of hydrogen-bond acceptors (Lipinski definition) is 1. The molecule has 0 spiro atoms. The van der Waals surface area contributed by atoms with Crippen molar-refractivity contribution in [2.45, 2.75) is 142 Å². The lowest BCUT2D eigenvalue weighted by molar-refractivity contribution is 0.125. The molecule has 0 fully saturated rings. The largest absolute Gasteiger partial charge is 0.381 e. The topological polar surface area (TPSA) is 9.23 Å². The molecule has 1 heteroatoms. The van der Waals surface area contributed by atoms with Crippen molar-refractivity contribution in [2.24, 2.45) is 0 Å². The third-order valence-electron chi connectivity index (χ3n) is 7.65. The van der Waals surface area contributed by atoms with Gasteiger partial charge in [-0.15, -0.1) is 0 Å². The van der Waals surface area contributed by atoms with Crippen molar-refractivity contribution < 1.29 is 4.74 Å². The summed E-state index contributed by atoms with van der Waals surface area (Å²) in [5, 5.41) is 0. The Morgan fingerprint density at radius 1 is 0.405 bits per heavy atom. The van der Waals surface area contributed by atoms with E-state index in [9.17, 15) is 0 Å². The van der Waals surface area contributed by atoms with E-state index in [1.807, 2.05) is 0 Å². The zero-order valence-electron chi connectivity index (χ0n) is 25.3. The van der Waals surface area contributed by atoms with Gasteiger partial charge in [-0.3, -0.25) is 0 Å². The minimum absolute atomic E-state index is 0.253. The van der Waals surface area contributed by atoms with Crippen molar-refractivity contribution in [1.29, 1.82) is 0 Å². The van der Waals surface area contributed by atoms with E-state index in [0.29, 0.717) is 0 Å². The average Bonchev–Trinajstić information content (AvgIpc) is 2.85. The normalized spacial score (nSPS) is 12.3. The van der Waals surface area contributed by atoms with Gasteiger partial charge in [-0.1, -0.05) is 141 Å². The van der Waals surface area contributed by atoms with Gasteiger partial charge in [0.15, 0.2) is 0 Å². The van der Waals surface area contributed by atoms with Gasteiger partial charge < -0.3 is 4.74 Å². The fraction of sp³-hybridized carbons (Fsp3) is 0.667. The summed E-state index contributed by atoms with van der Waals surface area (Å²) in [5.74, 6) is 0. The van der Waals surface area contributed by atoms with Crippen LogP contribution in [-0.2, 0) is 28.4 Å². The summed E-state index contributed by atoms with van der Waals surface area (Å²) >= 11 is 0. The molecule has 0 unspecified atom stereocenters.